The Bertz CT molecular complexity index is 535. The molecule has 0 aliphatic carbocycles. The molecule has 0 radical (unpaired) electrons. The van der Waals surface area contributed by atoms with Gasteiger partial charge in [0.15, 0.2) is 0 Å². The van der Waals surface area contributed by atoms with Crippen LogP contribution in [0.15, 0.2) is 17.6 Å². The van der Waals surface area contributed by atoms with Gasteiger partial charge in [-0.3, -0.25) is 4.98 Å². The third-order valence-corrected chi connectivity index (χ3v) is 3.54. The monoisotopic (exact) mass is 246 g/mol. The fourth-order valence-corrected chi connectivity index (χ4v) is 2.77. The average molecular weight is 246 g/mol. The highest BCUT2D eigenvalue weighted by Crippen LogP contribution is 2.30. The first-order chi connectivity index (χ1) is 7.88. The molecule has 0 fully saturated rings. The van der Waals surface area contributed by atoms with E-state index in [0.717, 1.165) is 16.4 Å². The molecule has 0 aromatic carbocycles. The lowest BCUT2D eigenvalue weighted by Gasteiger charge is -2.14. The van der Waals surface area contributed by atoms with Crippen molar-refractivity contribution < 1.29 is 0 Å². The summed E-state index contributed by atoms with van der Waals surface area (Å²) in [6, 6.07) is 2.15. The van der Waals surface area contributed by atoms with Gasteiger partial charge in [-0.1, -0.05) is 26.8 Å². The summed E-state index contributed by atoms with van der Waals surface area (Å²) in [5.74, 6) is 0. The van der Waals surface area contributed by atoms with E-state index in [1.54, 1.807) is 11.3 Å². The Morgan fingerprint density at radius 3 is 2.41 bits per heavy atom. The first kappa shape index (κ1) is 12.2. The van der Waals surface area contributed by atoms with Crippen molar-refractivity contribution in [2.24, 2.45) is 0 Å². The van der Waals surface area contributed by atoms with E-state index < -0.39 is 0 Å². The molecule has 0 spiro atoms. The Morgan fingerprint density at radius 2 is 1.88 bits per heavy atom. The predicted octanol–water partition coefficient (Wildman–Crippen LogP) is 4.12. The van der Waals surface area contributed by atoms with Crippen molar-refractivity contribution in [3.63, 3.8) is 0 Å². The van der Waals surface area contributed by atoms with Crippen LogP contribution in [-0.2, 0) is 5.41 Å². The Balaban J connectivity index is 2.44. The van der Waals surface area contributed by atoms with Crippen molar-refractivity contribution >= 4 is 11.3 Å². The minimum absolute atomic E-state index is 0.105. The summed E-state index contributed by atoms with van der Waals surface area (Å²) in [6.45, 7) is 10.7. The van der Waals surface area contributed by atoms with Crippen molar-refractivity contribution in [3.8, 4) is 10.7 Å². The second-order valence-electron chi connectivity index (χ2n) is 5.47. The van der Waals surface area contributed by atoms with Gasteiger partial charge in [0.2, 0.25) is 0 Å². The quantitative estimate of drug-likeness (QED) is 0.756. The van der Waals surface area contributed by atoms with Gasteiger partial charge < -0.3 is 0 Å². The summed E-state index contributed by atoms with van der Waals surface area (Å²) in [4.78, 5) is 9.19. The summed E-state index contributed by atoms with van der Waals surface area (Å²) < 4.78 is 0. The van der Waals surface area contributed by atoms with Gasteiger partial charge in [-0.25, -0.2) is 4.98 Å². The SMILES string of the molecule is Cc1cnc(-c2nc(C(C)(C)C)cs2)c(C)c1. The number of aryl methyl sites for hydroxylation is 2. The number of hydrogen-bond acceptors (Lipinski definition) is 3. The number of hydrogen-bond donors (Lipinski definition) is 0. The standard InChI is InChI=1S/C14H18N2S/c1-9-6-10(2)12(15-7-9)13-16-11(8-17-13)14(3,4)5/h6-8H,1-5H3. The van der Waals surface area contributed by atoms with Crippen LogP contribution in [-0.4, -0.2) is 9.97 Å². The van der Waals surface area contributed by atoms with Crippen molar-refractivity contribution in [3.05, 3.63) is 34.5 Å². The molecule has 0 bridgehead atoms. The van der Waals surface area contributed by atoms with Gasteiger partial charge in [0.1, 0.15) is 10.7 Å². The Morgan fingerprint density at radius 1 is 1.18 bits per heavy atom. The Kier molecular flexibility index (Phi) is 3.04. The molecule has 0 aliphatic rings. The number of rotatable bonds is 1. The minimum atomic E-state index is 0.105. The number of aromatic nitrogens is 2. The number of thiazole rings is 1. The van der Waals surface area contributed by atoms with Gasteiger partial charge in [-0.05, 0) is 25.0 Å². The number of nitrogens with zero attached hydrogens (tertiary/aromatic N) is 2. The molecule has 2 aromatic rings. The van der Waals surface area contributed by atoms with E-state index in [9.17, 15) is 0 Å². The van der Waals surface area contributed by atoms with Crippen LogP contribution in [0.2, 0.25) is 0 Å². The van der Waals surface area contributed by atoms with E-state index in [0.29, 0.717) is 0 Å². The Hall–Kier alpha value is -1.22. The molecule has 0 aliphatic heterocycles. The Labute approximate surface area is 107 Å². The molecule has 2 rings (SSSR count). The van der Waals surface area contributed by atoms with Crippen LogP contribution in [0.25, 0.3) is 10.7 Å². The third kappa shape index (κ3) is 2.55. The van der Waals surface area contributed by atoms with Crippen LogP contribution in [0, 0.1) is 13.8 Å². The van der Waals surface area contributed by atoms with Crippen molar-refractivity contribution in [2.45, 2.75) is 40.0 Å². The highest BCUT2D eigenvalue weighted by Gasteiger charge is 2.18. The van der Waals surface area contributed by atoms with Crippen LogP contribution >= 0.6 is 11.3 Å². The van der Waals surface area contributed by atoms with Crippen LogP contribution < -0.4 is 0 Å². The largest absolute Gasteiger partial charge is 0.253 e. The fourth-order valence-electron chi connectivity index (χ4n) is 1.67. The molecule has 90 valence electrons. The molecule has 0 saturated carbocycles. The molecular weight excluding hydrogens is 228 g/mol. The van der Waals surface area contributed by atoms with E-state index in [-0.39, 0.29) is 5.41 Å². The van der Waals surface area contributed by atoms with Crippen LogP contribution in [0.5, 0.6) is 0 Å². The molecule has 0 amide bonds. The zero-order valence-corrected chi connectivity index (χ0v) is 11.9. The first-order valence-electron chi connectivity index (χ1n) is 5.77. The molecule has 0 N–H and O–H groups in total. The van der Waals surface area contributed by atoms with E-state index in [1.807, 2.05) is 6.20 Å². The molecule has 0 unspecified atom stereocenters. The molecule has 0 atom stereocenters. The first-order valence-corrected chi connectivity index (χ1v) is 6.65. The van der Waals surface area contributed by atoms with Gasteiger partial charge in [0.05, 0.1) is 5.69 Å². The van der Waals surface area contributed by atoms with Gasteiger partial charge in [-0.15, -0.1) is 11.3 Å². The van der Waals surface area contributed by atoms with Crippen molar-refractivity contribution in [2.75, 3.05) is 0 Å². The topological polar surface area (TPSA) is 25.8 Å². The van der Waals surface area contributed by atoms with E-state index in [2.05, 4.69) is 51.0 Å². The molecule has 2 heterocycles. The summed E-state index contributed by atoms with van der Waals surface area (Å²) >= 11 is 1.68. The van der Waals surface area contributed by atoms with Crippen LogP contribution in [0.1, 0.15) is 37.6 Å². The summed E-state index contributed by atoms with van der Waals surface area (Å²) in [5, 5.41) is 3.16. The summed E-state index contributed by atoms with van der Waals surface area (Å²) in [5.41, 5.74) is 4.64. The zero-order valence-electron chi connectivity index (χ0n) is 11.0. The van der Waals surface area contributed by atoms with Gasteiger partial charge in [-0.2, -0.15) is 0 Å². The highest BCUT2D eigenvalue weighted by atomic mass is 32.1. The smallest absolute Gasteiger partial charge is 0.142 e. The maximum Gasteiger partial charge on any atom is 0.142 e. The van der Waals surface area contributed by atoms with E-state index in [4.69, 9.17) is 4.98 Å². The second-order valence-corrected chi connectivity index (χ2v) is 6.32. The molecule has 0 saturated heterocycles. The molecule has 2 aromatic heterocycles. The normalized spacial score (nSPS) is 11.8. The summed E-state index contributed by atoms with van der Waals surface area (Å²) in [7, 11) is 0. The van der Waals surface area contributed by atoms with Gasteiger partial charge in [0.25, 0.3) is 0 Å². The van der Waals surface area contributed by atoms with Crippen molar-refractivity contribution in [1.82, 2.24) is 9.97 Å². The van der Waals surface area contributed by atoms with Crippen molar-refractivity contribution in [1.29, 1.82) is 0 Å². The molecular formula is C14H18N2S. The maximum absolute atomic E-state index is 4.70. The zero-order chi connectivity index (χ0) is 12.6. The van der Waals surface area contributed by atoms with Crippen LogP contribution in [0.4, 0.5) is 0 Å². The highest BCUT2D eigenvalue weighted by molar-refractivity contribution is 7.13. The van der Waals surface area contributed by atoms with Gasteiger partial charge in [0, 0.05) is 17.0 Å². The third-order valence-electron chi connectivity index (χ3n) is 2.69. The van der Waals surface area contributed by atoms with E-state index in [1.165, 1.54) is 11.1 Å². The van der Waals surface area contributed by atoms with Gasteiger partial charge >= 0.3 is 0 Å². The average Bonchev–Trinajstić information content (AvgIpc) is 2.65. The lowest BCUT2D eigenvalue weighted by atomic mass is 9.93. The molecule has 17 heavy (non-hydrogen) atoms. The lowest BCUT2D eigenvalue weighted by molar-refractivity contribution is 0.573. The molecule has 2 nitrogen and oxygen atoms in total. The van der Waals surface area contributed by atoms with E-state index >= 15 is 0 Å². The molecule has 3 heteroatoms. The fraction of sp³-hybridized carbons (Fsp3) is 0.429. The van der Waals surface area contributed by atoms with Crippen LogP contribution in [0.3, 0.4) is 0 Å². The summed E-state index contributed by atoms with van der Waals surface area (Å²) in [6.07, 6.45) is 1.90. The number of pyridine rings is 1. The maximum atomic E-state index is 4.70. The predicted molar refractivity (Wildman–Crippen MR) is 73.5 cm³/mol. The minimum Gasteiger partial charge on any atom is -0.253 e. The lowest BCUT2D eigenvalue weighted by Crippen LogP contribution is -2.11. The second kappa shape index (κ2) is 4.22.